The predicted molar refractivity (Wildman–Crippen MR) is 74.9 cm³/mol. The van der Waals surface area contributed by atoms with E-state index in [-0.39, 0.29) is 0 Å². The van der Waals surface area contributed by atoms with Crippen molar-refractivity contribution < 1.29 is 8.42 Å². The Bertz CT molecular complexity index is 417. The number of sulfonamides is 1. The fourth-order valence-electron chi connectivity index (χ4n) is 1.12. The average Bonchev–Trinajstić information content (AvgIpc) is 2.65. The van der Waals surface area contributed by atoms with Crippen LogP contribution in [0.15, 0.2) is 20.1 Å². The van der Waals surface area contributed by atoms with E-state index in [1.165, 1.54) is 11.3 Å². The molecule has 0 aliphatic carbocycles. The van der Waals surface area contributed by atoms with Gasteiger partial charge in [-0.25, -0.2) is 13.1 Å². The Balaban J connectivity index is 2.41. The second kappa shape index (κ2) is 7.10. The van der Waals surface area contributed by atoms with E-state index in [1.54, 1.807) is 12.1 Å². The standard InChI is InChI=1S/C9H13Br2NO2S2/c10-6-2-1-3-7-12-16(13,14)9-5-4-8(11)15-9/h4-5,12H,1-3,6-7H2. The molecule has 0 bridgehead atoms. The monoisotopic (exact) mass is 389 g/mol. The van der Waals surface area contributed by atoms with Crippen molar-refractivity contribution in [3.8, 4) is 0 Å². The maximum absolute atomic E-state index is 11.7. The number of thiophene rings is 1. The predicted octanol–water partition coefficient (Wildman–Crippen LogP) is 3.35. The molecule has 0 spiro atoms. The first kappa shape index (κ1) is 14.6. The smallest absolute Gasteiger partial charge is 0.210 e. The maximum atomic E-state index is 11.7. The first-order valence-electron chi connectivity index (χ1n) is 4.87. The van der Waals surface area contributed by atoms with E-state index in [2.05, 4.69) is 36.6 Å². The minimum absolute atomic E-state index is 0.361. The Hall–Kier alpha value is 0.570. The van der Waals surface area contributed by atoms with Crippen molar-refractivity contribution >= 4 is 53.2 Å². The summed E-state index contributed by atoms with van der Waals surface area (Å²) < 4.78 is 27.3. The maximum Gasteiger partial charge on any atom is 0.250 e. The molecule has 1 rings (SSSR count). The Labute approximate surface area is 117 Å². The molecule has 0 radical (unpaired) electrons. The molecule has 1 N–H and O–H groups in total. The lowest BCUT2D eigenvalue weighted by Crippen LogP contribution is -2.23. The summed E-state index contributed by atoms with van der Waals surface area (Å²) in [7, 11) is -3.30. The fraction of sp³-hybridized carbons (Fsp3) is 0.556. The second-order valence-electron chi connectivity index (χ2n) is 3.21. The summed E-state index contributed by atoms with van der Waals surface area (Å²) >= 11 is 7.81. The number of nitrogens with one attached hydrogen (secondary N) is 1. The van der Waals surface area contributed by atoms with Crippen LogP contribution in [0.1, 0.15) is 19.3 Å². The van der Waals surface area contributed by atoms with E-state index in [9.17, 15) is 8.42 Å². The van der Waals surface area contributed by atoms with Crippen molar-refractivity contribution in [1.29, 1.82) is 0 Å². The Kier molecular flexibility index (Phi) is 6.50. The highest BCUT2D eigenvalue weighted by Crippen LogP contribution is 2.25. The van der Waals surface area contributed by atoms with Gasteiger partial charge < -0.3 is 0 Å². The number of hydrogen-bond acceptors (Lipinski definition) is 3. The molecule has 92 valence electrons. The van der Waals surface area contributed by atoms with E-state index in [1.807, 2.05) is 0 Å². The molecule has 0 fully saturated rings. The van der Waals surface area contributed by atoms with Gasteiger partial charge in [0.1, 0.15) is 4.21 Å². The number of hydrogen-bond donors (Lipinski definition) is 1. The minimum Gasteiger partial charge on any atom is -0.210 e. The molecule has 1 heterocycles. The summed E-state index contributed by atoms with van der Waals surface area (Å²) in [4.78, 5) is 0. The first-order valence-corrected chi connectivity index (χ1v) is 9.08. The summed E-state index contributed by atoms with van der Waals surface area (Å²) in [5.74, 6) is 0. The molecular formula is C9H13Br2NO2S2. The number of unbranched alkanes of at least 4 members (excludes halogenated alkanes) is 2. The minimum atomic E-state index is -3.30. The summed E-state index contributed by atoms with van der Waals surface area (Å²) in [6.07, 6.45) is 2.98. The molecule has 1 aromatic rings. The van der Waals surface area contributed by atoms with Gasteiger partial charge in [-0.15, -0.1) is 11.3 Å². The van der Waals surface area contributed by atoms with Crippen LogP contribution in [0.25, 0.3) is 0 Å². The molecule has 16 heavy (non-hydrogen) atoms. The summed E-state index contributed by atoms with van der Waals surface area (Å²) in [6, 6.07) is 3.35. The molecule has 1 aromatic heterocycles. The van der Waals surface area contributed by atoms with Crippen LogP contribution in [0.2, 0.25) is 0 Å². The fourth-order valence-corrected chi connectivity index (χ4v) is 4.64. The average molecular weight is 391 g/mol. The van der Waals surface area contributed by atoms with E-state index in [4.69, 9.17) is 0 Å². The molecular weight excluding hydrogens is 378 g/mol. The third kappa shape index (κ3) is 4.83. The van der Waals surface area contributed by atoms with Crippen LogP contribution in [0.3, 0.4) is 0 Å². The molecule has 0 saturated heterocycles. The van der Waals surface area contributed by atoms with E-state index < -0.39 is 10.0 Å². The van der Waals surface area contributed by atoms with Crippen LogP contribution >= 0.6 is 43.2 Å². The van der Waals surface area contributed by atoms with Crippen molar-refractivity contribution in [2.45, 2.75) is 23.5 Å². The van der Waals surface area contributed by atoms with Crippen LogP contribution in [0.5, 0.6) is 0 Å². The van der Waals surface area contributed by atoms with Gasteiger partial charge in [0.05, 0.1) is 3.79 Å². The van der Waals surface area contributed by atoms with Gasteiger partial charge in [0.2, 0.25) is 10.0 Å². The lowest BCUT2D eigenvalue weighted by Gasteiger charge is -2.03. The van der Waals surface area contributed by atoms with Crippen LogP contribution < -0.4 is 4.72 Å². The molecule has 0 atom stereocenters. The normalized spacial score (nSPS) is 11.9. The zero-order chi connectivity index (χ0) is 12.0. The van der Waals surface area contributed by atoms with Gasteiger partial charge in [0.15, 0.2) is 0 Å². The molecule has 0 aliphatic rings. The largest absolute Gasteiger partial charge is 0.250 e. The summed E-state index contributed by atoms with van der Waals surface area (Å²) in [5, 5.41) is 0.970. The van der Waals surface area contributed by atoms with Crippen molar-refractivity contribution in [1.82, 2.24) is 4.72 Å². The van der Waals surface area contributed by atoms with E-state index >= 15 is 0 Å². The van der Waals surface area contributed by atoms with Gasteiger partial charge in [-0.3, -0.25) is 0 Å². The topological polar surface area (TPSA) is 46.2 Å². The Morgan fingerprint density at radius 2 is 2.00 bits per heavy atom. The molecule has 3 nitrogen and oxygen atoms in total. The SMILES string of the molecule is O=S(=O)(NCCCCCBr)c1ccc(Br)s1. The Morgan fingerprint density at radius 1 is 1.25 bits per heavy atom. The highest BCUT2D eigenvalue weighted by atomic mass is 79.9. The molecule has 0 amide bonds. The van der Waals surface area contributed by atoms with Gasteiger partial charge in [0, 0.05) is 11.9 Å². The first-order chi connectivity index (χ1) is 7.56. The van der Waals surface area contributed by atoms with E-state index in [0.29, 0.717) is 10.8 Å². The number of alkyl halides is 1. The molecule has 0 aliphatic heterocycles. The third-order valence-electron chi connectivity index (χ3n) is 1.92. The second-order valence-corrected chi connectivity index (χ2v) is 8.46. The number of rotatable bonds is 7. The lowest BCUT2D eigenvalue weighted by molar-refractivity contribution is 0.578. The van der Waals surface area contributed by atoms with Gasteiger partial charge >= 0.3 is 0 Å². The van der Waals surface area contributed by atoms with Crippen molar-refractivity contribution in [2.24, 2.45) is 0 Å². The highest BCUT2D eigenvalue weighted by molar-refractivity contribution is 9.11. The zero-order valence-corrected chi connectivity index (χ0v) is 13.4. The van der Waals surface area contributed by atoms with Gasteiger partial charge in [-0.1, -0.05) is 22.4 Å². The van der Waals surface area contributed by atoms with Crippen molar-refractivity contribution in [2.75, 3.05) is 11.9 Å². The van der Waals surface area contributed by atoms with Crippen LogP contribution in [-0.2, 0) is 10.0 Å². The lowest BCUT2D eigenvalue weighted by atomic mass is 10.3. The summed E-state index contributed by atoms with van der Waals surface area (Å²) in [5.41, 5.74) is 0. The quantitative estimate of drug-likeness (QED) is 0.573. The van der Waals surface area contributed by atoms with Crippen LogP contribution in [0, 0.1) is 0 Å². The van der Waals surface area contributed by atoms with E-state index in [0.717, 1.165) is 28.4 Å². The highest BCUT2D eigenvalue weighted by Gasteiger charge is 2.15. The Morgan fingerprint density at radius 3 is 2.56 bits per heavy atom. The number of halogens is 2. The molecule has 0 saturated carbocycles. The van der Waals surface area contributed by atoms with Gasteiger partial charge in [-0.2, -0.15) is 0 Å². The summed E-state index contributed by atoms with van der Waals surface area (Å²) in [6.45, 7) is 0.505. The molecule has 0 unspecified atom stereocenters. The van der Waals surface area contributed by atoms with Crippen molar-refractivity contribution in [3.63, 3.8) is 0 Å². The van der Waals surface area contributed by atoms with Crippen molar-refractivity contribution in [3.05, 3.63) is 15.9 Å². The zero-order valence-electron chi connectivity index (χ0n) is 8.58. The molecule has 7 heteroatoms. The van der Waals surface area contributed by atoms with Crippen LogP contribution in [0.4, 0.5) is 0 Å². The van der Waals surface area contributed by atoms with Crippen LogP contribution in [-0.4, -0.2) is 20.3 Å². The molecule has 0 aromatic carbocycles. The van der Waals surface area contributed by atoms with Gasteiger partial charge in [0.25, 0.3) is 0 Å². The third-order valence-corrected chi connectivity index (χ3v) is 6.05. The van der Waals surface area contributed by atoms with Gasteiger partial charge in [-0.05, 0) is 40.9 Å².